The van der Waals surface area contributed by atoms with Gasteiger partial charge in [0.05, 0.1) is 6.61 Å². The number of anilines is 3. The molecule has 0 aliphatic carbocycles. The molecule has 0 aliphatic heterocycles. The monoisotopic (exact) mass is 411 g/mol. The molecule has 4 aromatic carbocycles. The second-order valence-corrected chi connectivity index (χ2v) is 7.23. The summed E-state index contributed by atoms with van der Waals surface area (Å²) in [5.41, 5.74) is 5.47. The van der Waals surface area contributed by atoms with Crippen molar-refractivity contribution in [3.8, 4) is 16.9 Å². The lowest BCUT2D eigenvalue weighted by atomic mass is 10.0. The van der Waals surface area contributed by atoms with Gasteiger partial charge in [-0.05, 0) is 59.7 Å². The fourth-order valence-electron chi connectivity index (χ4n) is 3.39. The maximum absolute atomic E-state index is 9.41. The van der Waals surface area contributed by atoms with Gasteiger partial charge in [-0.3, -0.25) is 0 Å². The highest BCUT2D eigenvalue weighted by molar-refractivity contribution is 5.78. The first kappa shape index (κ1) is 20.7. The van der Waals surface area contributed by atoms with Gasteiger partial charge < -0.3 is 19.8 Å². The molecule has 0 saturated heterocycles. The molecule has 31 heavy (non-hydrogen) atoms. The number of para-hydroxylation sites is 2. The van der Waals surface area contributed by atoms with Gasteiger partial charge in [0.1, 0.15) is 18.5 Å². The average Bonchev–Trinajstić information content (AvgIpc) is 2.85. The Bertz CT molecular complexity index is 1030. The fourth-order valence-corrected chi connectivity index (χ4v) is 3.39. The molecule has 1 atom stereocenters. The summed E-state index contributed by atoms with van der Waals surface area (Å²) in [4.78, 5) is 2.23. The first-order valence-corrected chi connectivity index (χ1v) is 10.3. The third-order valence-electron chi connectivity index (χ3n) is 5.00. The Morgan fingerprint density at radius 3 is 1.55 bits per heavy atom. The highest BCUT2D eigenvalue weighted by Crippen LogP contribution is 2.35. The molecular formula is C27H25NO3. The molecule has 4 rings (SSSR count). The molecule has 0 spiro atoms. The van der Waals surface area contributed by atoms with Gasteiger partial charge in [0, 0.05) is 17.1 Å². The van der Waals surface area contributed by atoms with Crippen LogP contribution in [0.15, 0.2) is 109 Å². The normalized spacial score (nSPS) is 11.7. The predicted molar refractivity (Wildman–Crippen MR) is 125 cm³/mol. The molecule has 0 bridgehead atoms. The SMILES string of the molecule is OCC(O)COc1ccc(-c2ccc(N(c3ccccc3)c3ccccc3)cc2)cc1. The summed E-state index contributed by atoms with van der Waals surface area (Å²) in [6, 6.07) is 36.8. The molecule has 4 nitrogen and oxygen atoms in total. The van der Waals surface area contributed by atoms with Crippen molar-refractivity contribution in [2.45, 2.75) is 6.10 Å². The number of benzene rings is 4. The van der Waals surface area contributed by atoms with Crippen LogP contribution in [0.4, 0.5) is 17.1 Å². The van der Waals surface area contributed by atoms with E-state index < -0.39 is 6.10 Å². The van der Waals surface area contributed by atoms with Crippen LogP contribution in [0.25, 0.3) is 11.1 Å². The summed E-state index contributed by atoms with van der Waals surface area (Å²) in [5.74, 6) is 0.659. The topological polar surface area (TPSA) is 52.9 Å². The molecule has 4 aromatic rings. The Kier molecular flexibility index (Phi) is 6.62. The van der Waals surface area contributed by atoms with Gasteiger partial charge in [-0.15, -0.1) is 0 Å². The molecule has 2 N–H and O–H groups in total. The second-order valence-electron chi connectivity index (χ2n) is 7.23. The van der Waals surface area contributed by atoms with Crippen LogP contribution in [0.3, 0.4) is 0 Å². The minimum atomic E-state index is -0.871. The Hall–Kier alpha value is -3.60. The molecular weight excluding hydrogens is 386 g/mol. The van der Waals surface area contributed by atoms with E-state index in [1.165, 1.54) is 0 Å². The Morgan fingerprint density at radius 2 is 1.06 bits per heavy atom. The van der Waals surface area contributed by atoms with Gasteiger partial charge in [-0.2, -0.15) is 0 Å². The molecule has 0 fully saturated rings. The van der Waals surface area contributed by atoms with Crippen LogP contribution in [-0.4, -0.2) is 29.5 Å². The number of ether oxygens (including phenoxy) is 1. The summed E-state index contributed by atoms with van der Waals surface area (Å²) < 4.78 is 5.48. The van der Waals surface area contributed by atoms with Gasteiger partial charge in [0.25, 0.3) is 0 Å². The number of hydrogen-bond donors (Lipinski definition) is 2. The molecule has 0 saturated carbocycles. The molecule has 4 heteroatoms. The summed E-state index contributed by atoms with van der Waals surface area (Å²) in [7, 11) is 0. The molecule has 156 valence electrons. The van der Waals surface area contributed by atoms with E-state index in [0.717, 1.165) is 28.2 Å². The fraction of sp³-hybridized carbons (Fsp3) is 0.111. The lowest BCUT2D eigenvalue weighted by Gasteiger charge is -2.25. The second kappa shape index (κ2) is 9.94. The third kappa shape index (κ3) is 5.12. The maximum Gasteiger partial charge on any atom is 0.119 e. The number of nitrogens with zero attached hydrogens (tertiary/aromatic N) is 1. The number of hydrogen-bond acceptors (Lipinski definition) is 4. The number of aliphatic hydroxyl groups excluding tert-OH is 2. The van der Waals surface area contributed by atoms with Crippen molar-refractivity contribution >= 4 is 17.1 Å². The zero-order chi connectivity index (χ0) is 21.5. The number of rotatable bonds is 8. The van der Waals surface area contributed by atoms with Gasteiger partial charge in [-0.25, -0.2) is 0 Å². The van der Waals surface area contributed by atoms with Crippen molar-refractivity contribution in [2.24, 2.45) is 0 Å². The first-order chi connectivity index (χ1) is 15.2. The van der Waals surface area contributed by atoms with Crippen LogP contribution in [0.5, 0.6) is 5.75 Å². The zero-order valence-electron chi connectivity index (χ0n) is 17.1. The van der Waals surface area contributed by atoms with E-state index in [0.29, 0.717) is 5.75 Å². The molecule has 0 aromatic heterocycles. The van der Waals surface area contributed by atoms with Crippen LogP contribution in [0.1, 0.15) is 0 Å². The first-order valence-electron chi connectivity index (χ1n) is 10.3. The van der Waals surface area contributed by atoms with Crippen molar-refractivity contribution < 1.29 is 14.9 Å². The van der Waals surface area contributed by atoms with Gasteiger partial charge in [0.2, 0.25) is 0 Å². The van der Waals surface area contributed by atoms with Crippen molar-refractivity contribution in [2.75, 3.05) is 18.1 Å². The zero-order valence-corrected chi connectivity index (χ0v) is 17.1. The Morgan fingerprint density at radius 1 is 0.613 bits per heavy atom. The van der Waals surface area contributed by atoms with E-state index in [1.54, 1.807) is 0 Å². The molecule has 0 aliphatic rings. The van der Waals surface area contributed by atoms with E-state index in [-0.39, 0.29) is 13.2 Å². The van der Waals surface area contributed by atoms with E-state index in [2.05, 4.69) is 53.4 Å². The Labute approximate surface area is 182 Å². The smallest absolute Gasteiger partial charge is 0.119 e. The standard InChI is InChI=1S/C27H25NO3/c29-19-26(30)20-31-27-17-13-22(14-18-27)21-11-15-25(16-12-21)28(23-7-3-1-4-8-23)24-9-5-2-6-10-24/h1-18,26,29-30H,19-20H2. The van der Waals surface area contributed by atoms with E-state index >= 15 is 0 Å². The van der Waals surface area contributed by atoms with E-state index in [1.807, 2.05) is 60.7 Å². The van der Waals surface area contributed by atoms with Crippen LogP contribution in [-0.2, 0) is 0 Å². The summed E-state index contributed by atoms with van der Waals surface area (Å²) in [6.45, 7) is -0.243. The molecule has 0 heterocycles. The molecule has 0 radical (unpaired) electrons. The summed E-state index contributed by atoms with van der Waals surface area (Å²) >= 11 is 0. The largest absolute Gasteiger partial charge is 0.491 e. The lowest BCUT2D eigenvalue weighted by molar-refractivity contribution is 0.0536. The van der Waals surface area contributed by atoms with Crippen LogP contribution in [0.2, 0.25) is 0 Å². The average molecular weight is 412 g/mol. The molecule has 0 amide bonds. The van der Waals surface area contributed by atoms with E-state index in [4.69, 9.17) is 9.84 Å². The summed E-state index contributed by atoms with van der Waals surface area (Å²) in [6.07, 6.45) is -0.871. The van der Waals surface area contributed by atoms with Crippen molar-refractivity contribution in [3.63, 3.8) is 0 Å². The minimum absolute atomic E-state index is 0.0688. The number of aliphatic hydroxyl groups is 2. The van der Waals surface area contributed by atoms with Crippen molar-refractivity contribution in [1.82, 2.24) is 0 Å². The van der Waals surface area contributed by atoms with Crippen molar-refractivity contribution in [1.29, 1.82) is 0 Å². The van der Waals surface area contributed by atoms with Crippen LogP contribution >= 0.6 is 0 Å². The predicted octanol–water partition coefficient (Wildman–Crippen LogP) is 5.56. The van der Waals surface area contributed by atoms with Crippen LogP contribution in [0, 0.1) is 0 Å². The molecule has 1 unspecified atom stereocenters. The van der Waals surface area contributed by atoms with Gasteiger partial charge in [0.15, 0.2) is 0 Å². The third-order valence-corrected chi connectivity index (χ3v) is 5.00. The minimum Gasteiger partial charge on any atom is -0.491 e. The quantitative estimate of drug-likeness (QED) is 0.399. The highest BCUT2D eigenvalue weighted by atomic mass is 16.5. The van der Waals surface area contributed by atoms with E-state index in [9.17, 15) is 5.11 Å². The maximum atomic E-state index is 9.41. The van der Waals surface area contributed by atoms with Crippen LogP contribution < -0.4 is 9.64 Å². The van der Waals surface area contributed by atoms with Crippen molar-refractivity contribution in [3.05, 3.63) is 109 Å². The van der Waals surface area contributed by atoms with Gasteiger partial charge in [-0.1, -0.05) is 60.7 Å². The Balaban J connectivity index is 1.56. The summed E-state index contributed by atoms with van der Waals surface area (Å²) in [5, 5.41) is 18.3. The van der Waals surface area contributed by atoms with Gasteiger partial charge >= 0.3 is 0 Å². The lowest BCUT2D eigenvalue weighted by Crippen LogP contribution is -2.21. The highest BCUT2D eigenvalue weighted by Gasteiger charge is 2.12.